The fraction of sp³-hybridized carbons (Fsp3) is 0.889. The molecule has 3 fully saturated rings. The third-order valence-electron chi connectivity index (χ3n) is 10.3. The predicted octanol–water partition coefficient (Wildman–Crippen LogP) is 7.81. The van der Waals surface area contributed by atoms with E-state index in [2.05, 4.69) is 39.8 Å². The molecule has 0 saturated heterocycles. The lowest BCUT2D eigenvalue weighted by Crippen LogP contribution is -2.53. The van der Waals surface area contributed by atoms with Gasteiger partial charge in [0.15, 0.2) is 0 Å². The van der Waals surface area contributed by atoms with Crippen LogP contribution in [0.2, 0.25) is 0 Å². The van der Waals surface area contributed by atoms with Gasteiger partial charge in [-0.2, -0.15) is 0 Å². The molecule has 0 aromatic carbocycles. The molecule has 0 radical (unpaired) electrons. The van der Waals surface area contributed by atoms with E-state index in [1.165, 1.54) is 44.9 Å². The monoisotopic (exact) mass is 417 g/mol. The Labute approximate surface area is 183 Å². The lowest BCUT2D eigenvalue weighted by Gasteiger charge is -2.59. The van der Waals surface area contributed by atoms with Crippen LogP contribution in [0.25, 0.3) is 0 Å². The molecule has 0 amide bonds. The summed E-state index contributed by atoms with van der Waals surface area (Å²) in [5.74, 6) is 4.24. The van der Waals surface area contributed by atoms with Gasteiger partial charge in [0.1, 0.15) is 6.17 Å². The molecule has 0 aromatic heterocycles. The molecule has 0 bridgehead atoms. The zero-order valence-corrected chi connectivity index (χ0v) is 20.0. The maximum atomic E-state index is 15.5. The molecule has 0 aliphatic heterocycles. The minimum atomic E-state index is -0.863. The van der Waals surface area contributed by atoms with Gasteiger partial charge in [-0.15, -0.1) is 0 Å². The van der Waals surface area contributed by atoms with Gasteiger partial charge in [-0.05, 0) is 103 Å². The highest BCUT2D eigenvalue weighted by atomic mass is 19.1. The molecule has 2 nitrogen and oxygen atoms in total. The zero-order chi connectivity index (χ0) is 21.7. The lowest BCUT2D eigenvalue weighted by molar-refractivity contribution is -0.0712. The Kier molecular flexibility index (Phi) is 6.14. The average molecular weight is 418 g/mol. The van der Waals surface area contributed by atoms with Crippen LogP contribution in [0, 0.1) is 46.3 Å². The molecular weight excluding hydrogens is 373 g/mol. The Bertz CT molecular complexity index is 699. The number of nitrogens with zero attached hydrogens (tertiary/aromatic N) is 1. The first-order valence-corrected chi connectivity index (χ1v) is 12.8. The number of fused-ring (bicyclic) bond motifs is 5. The predicted molar refractivity (Wildman–Crippen MR) is 123 cm³/mol. The molecule has 4 aliphatic rings. The van der Waals surface area contributed by atoms with Gasteiger partial charge in [-0.1, -0.05) is 59.0 Å². The Balaban J connectivity index is 1.53. The number of rotatable bonds is 5. The van der Waals surface area contributed by atoms with Gasteiger partial charge in [0.25, 0.3) is 0 Å². The van der Waals surface area contributed by atoms with E-state index in [0.717, 1.165) is 36.2 Å². The highest BCUT2D eigenvalue weighted by Gasteiger charge is 2.61. The number of halogens is 1. The third kappa shape index (κ3) is 3.56. The number of hydrogen-bond donors (Lipinski definition) is 1. The summed E-state index contributed by atoms with van der Waals surface area (Å²) in [5, 5.41) is 12.6. The summed E-state index contributed by atoms with van der Waals surface area (Å²) < 4.78 is 15.5. The highest BCUT2D eigenvalue weighted by molar-refractivity contribution is 5.96. The molecule has 8 atom stereocenters. The molecule has 0 spiro atoms. The SMILES string of the molecule is CC(C)CCC[C@@H](C)C1CCC2C3CC(F)C4=C/C(=N/O)CCC4(C)C3CCC21C. The standard InChI is InChI=1S/C27H44FNO/c1-17(2)7-6-8-18(3)21-9-10-22-20-16-25(28)24-15-19(29-30)11-13-27(24,5)23(20)12-14-26(21,22)4/h15,17-18,20-23,25,30H,6-14,16H2,1-5H3/b29-19+/t18-,20?,21?,22?,23?,25?,26?,27?/m1/s1. The second-order valence-electron chi connectivity index (χ2n) is 12.2. The minimum Gasteiger partial charge on any atom is -0.411 e. The van der Waals surface area contributed by atoms with E-state index < -0.39 is 6.17 Å². The first kappa shape index (κ1) is 22.3. The summed E-state index contributed by atoms with van der Waals surface area (Å²) in [7, 11) is 0. The van der Waals surface area contributed by atoms with Crippen LogP contribution in [0.4, 0.5) is 4.39 Å². The van der Waals surface area contributed by atoms with Gasteiger partial charge in [-0.25, -0.2) is 4.39 Å². The number of hydrogen-bond acceptors (Lipinski definition) is 2. The molecule has 170 valence electrons. The topological polar surface area (TPSA) is 32.6 Å². The molecule has 4 rings (SSSR count). The molecular formula is C27H44FNO. The minimum absolute atomic E-state index is 0.0428. The van der Waals surface area contributed by atoms with Gasteiger partial charge in [-0.3, -0.25) is 0 Å². The van der Waals surface area contributed by atoms with Crippen LogP contribution in [0.1, 0.15) is 98.8 Å². The molecule has 30 heavy (non-hydrogen) atoms. The summed E-state index contributed by atoms with van der Waals surface area (Å²) in [4.78, 5) is 0. The lowest BCUT2D eigenvalue weighted by atomic mass is 9.46. The first-order chi connectivity index (χ1) is 14.2. The van der Waals surface area contributed by atoms with Crippen molar-refractivity contribution in [1.82, 2.24) is 0 Å². The maximum absolute atomic E-state index is 15.5. The summed E-state index contributed by atoms with van der Waals surface area (Å²) in [6, 6.07) is 0. The van der Waals surface area contributed by atoms with Crippen LogP contribution in [0.3, 0.4) is 0 Å². The smallest absolute Gasteiger partial charge is 0.122 e. The van der Waals surface area contributed by atoms with Crippen LogP contribution in [0.15, 0.2) is 16.8 Å². The molecule has 3 heteroatoms. The summed E-state index contributed by atoms with van der Waals surface area (Å²) >= 11 is 0. The van der Waals surface area contributed by atoms with E-state index in [1.54, 1.807) is 0 Å². The molecule has 0 heterocycles. The van der Waals surface area contributed by atoms with Crippen molar-refractivity contribution in [2.75, 3.05) is 0 Å². The Morgan fingerprint density at radius 3 is 2.57 bits per heavy atom. The van der Waals surface area contributed by atoms with Crippen LogP contribution in [0.5, 0.6) is 0 Å². The Morgan fingerprint density at radius 1 is 1.10 bits per heavy atom. The third-order valence-corrected chi connectivity index (χ3v) is 10.3. The summed E-state index contributed by atoms with van der Waals surface area (Å²) in [6.45, 7) is 12.1. The number of oxime groups is 1. The van der Waals surface area contributed by atoms with Crippen molar-refractivity contribution in [1.29, 1.82) is 0 Å². The zero-order valence-electron chi connectivity index (χ0n) is 20.0. The molecule has 0 aromatic rings. The molecule has 3 saturated carbocycles. The summed E-state index contributed by atoms with van der Waals surface area (Å²) in [6.07, 6.45) is 12.7. The van der Waals surface area contributed by atoms with Gasteiger partial charge < -0.3 is 5.21 Å². The highest BCUT2D eigenvalue weighted by Crippen LogP contribution is 2.68. The quantitative estimate of drug-likeness (QED) is 0.359. The van der Waals surface area contributed by atoms with Gasteiger partial charge in [0.2, 0.25) is 0 Å². The summed E-state index contributed by atoms with van der Waals surface area (Å²) in [5.41, 5.74) is 1.96. The Hall–Kier alpha value is -0.860. The number of allylic oxidation sites excluding steroid dienone is 2. The van der Waals surface area contributed by atoms with Gasteiger partial charge in [0, 0.05) is 0 Å². The fourth-order valence-corrected chi connectivity index (χ4v) is 8.67. The van der Waals surface area contributed by atoms with Crippen molar-refractivity contribution < 1.29 is 9.60 Å². The van der Waals surface area contributed by atoms with Crippen LogP contribution in [-0.4, -0.2) is 17.1 Å². The van der Waals surface area contributed by atoms with Gasteiger partial charge >= 0.3 is 0 Å². The normalized spacial score (nSPS) is 45.6. The first-order valence-electron chi connectivity index (χ1n) is 12.8. The van der Waals surface area contributed by atoms with Crippen molar-refractivity contribution in [3.63, 3.8) is 0 Å². The van der Waals surface area contributed by atoms with Crippen molar-refractivity contribution >= 4 is 5.71 Å². The molecule has 1 N–H and O–H groups in total. The van der Waals surface area contributed by atoms with Crippen molar-refractivity contribution in [3.05, 3.63) is 11.6 Å². The molecule has 4 aliphatic carbocycles. The number of alkyl halides is 1. The van der Waals surface area contributed by atoms with Crippen LogP contribution in [-0.2, 0) is 0 Å². The van der Waals surface area contributed by atoms with E-state index in [1.807, 2.05) is 6.08 Å². The van der Waals surface area contributed by atoms with Gasteiger partial charge in [0.05, 0.1) is 5.71 Å². The van der Waals surface area contributed by atoms with Crippen molar-refractivity contribution in [2.24, 2.45) is 51.5 Å². The van der Waals surface area contributed by atoms with Crippen molar-refractivity contribution in [3.8, 4) is 0 Å². The molecule has 7 unspecified atom stereocenters. The second kappa shape index (κ2) is 8.24. The van der Waals surface area contributed by atoms with E-state index in [9.17, 15) is 5.21 Å². The van der Waals surface area contributed by atoms with E-state index >= 15 is 4.39 Å². The largest absolute Gasteiger partial charge is 0.411 e. The maximum Gasteiger partial charge on any atom is 0.122 e. The second-order valence-corrected chi connectivity index (χ2v) is 12.2. The van der Waals surface area contributed by atoms with Crippen LogP contribution < -0.4 is 0 Å². The fourth-order valence-electron chi connectivity index (χ4n) is 8.67. The van der Waals surface area contributed by atoms with E-state index in [4.69, 9.17) is 0 Å². The van der Waals surface area contributed by atoms with E-state index in [-0.39, 0.29) is 5.41 Å². The average Bonchev–Trinajstić information content (AvgIpc) is 3.05. The van der Waals surface area contributed by atoms with Crippen molar-refractivity contribution in [2.45, 2.75) is 105 Å². The Morgan fingerprint density at radius 2 is 1.87 bits per heavy atom. The van der Waals surface area contributed by atoms with Crippen LogP contribution >= 0.6 is 0 Å². The van der Waals surface area contributed by atoms with E-state index in [0.29, 0.717) is 35.3 Å².